The average Bonchev–Trinajstić information content (AvgIpc) is 3.17. The first-order valence-corrected chi connectivity index (χ1v) is 6.74. The molecular weight excluding hydrogens is 224 g/mol. The lowest BCUT2D eigenvalue weighted by Crippen LogP contribution is -2.49. The van der Waals surface area contributed by atoms with E-state index in [9.17, 15) is 5.11 Å². The van der Waals surface area contributed by atoms with E-state index in [2.05, 4.69) is 43.1 Å². The summed E-state index contributed by atoms with van der Waals surface area (Å²) in [5, 5.41) is 9.57. The van der Waals surface area contributed by atoms with Gasteiger partial charge in [-0.2, -0.15) is 0 Å². The Kier molecular flexibility index (Phi) is 4.38. The molecule has 3 nitrogen and oxygen atoms in total. The fraction of sp³-hybridized carbons (Fsp3) is 0.600. The van der Waals surface area contributed by atoms with Crippen LogP contribution in [0, 0.1) is 12.8 Å². The molecule has 0 saturated heterocycles. The Balaban J connectivity index is 2.01. The van der Waals surface area contributed by atoms with Crippen molar-refractivity contribution in [2.45, 2.75) is 38.4 Å². The minimum absolute atomic E-state index is 0.0668. The Bertz CT molecular complexity index is 390. The van der Waals surface area contributed by atoms with E-state index in [1.807, 2.05) is 0 Å². The van der Waals surface area contributed by atoms with E-state index >= 15 is 0 Å². The van der Waals surface area contributed by atoms with Crippen LogP contribution in [0.15, 0.2) is 24.3 Å². The molecule has 1 aromatic rings. The van der Waals surface area contributed by atoms with Gasteiger partial charge in [0.25, 0.3) is 0 Å². The lowest BCUT2D eigenvalue weighted by molar-refractivity contribution is 0.115. The zero-order chi connectivity index (χ0) is 13.1. The minimum Gasteiger partial charge on any atom is -0.395 e. The van der Waals surface area contributed by atoms with Gasteiger partial charge in [0.1, 0.15) is 0 Å². The molecule has 2 atom stereocenters. The summed E-state index contributed by atoms with van der Waals surface area (Å²) in [5.74, 6) is 0.612. The van der Waals surface area contributed by atoms with E-state index in [1.54, 1.807) is 0 Å². The maximum Gasteiger partial charge on any atom is 0.0602 e. The first-order valence-electron chi connectivity index (χ1n) is 6.74. The van der Waals surface area contributed by atoms with Crippen LogP contribution in [0.3, 0.4) is 0 Å². The molecule has 1 fully saturated rings. The molecule has 0 bridgehead atoms. The second kappa shape index (κ2) is 5.83. The highest BCUT2D eigenvalue weighted by Crippen LogP contribution is 2.34. The zero-order valence-electron chi connectivity index (χ0n) is 11.3. The summed E-state index contributed by atoms with van der Waals surface area (Å²) < 4.78 is 0. The van der Waals surface area contributed by atoms with Gasteiger partial charge in [-0.3, -0.25) is 4.90 Å². The third kappa shape index (κ3) is 3.10. The van der Waals surface area contributed by atoms with Gasteiger partial charge in [0.05, 0.1) is 6.61 Å². The average molecular weight is 248 g/mol. The van der Waals surface area contributed by atoms with Gasteiger partial charge in [-0.25, -0.2) is 0 Å². The van der Waals surface area contributed by atoms with Crippen LogP contribution in [0.2, 0.25) is 0 Å². The highest BCUT2D eigenvalue weighted by molar-refractivity contribution is 5.25. The molecule has 0 heterocycles. The first kappa shape index (κ1) is 13.5. The molecule has 0 amide bonds. The quantitative estimate of drug-likeness (QED) is 0.802. The molecule has 18 heavy (non-hydrogen) atoms. The van der Waals surface area contributed by atoms with Gasteiger partial charge in [0.2, 0.25) is 0 Å². The van der Waals surface area contributed by atoms with Crippen molar-refractivity contribution in [1.29, 1.82) is 0 Å². The van der Waals surface area contributed by atoms with Crippen LogP contribution in [0.1, 0.15) is 24.0 Å². The second-order valence-corrected chi connectivity index (χ2v) is 5.51. The fourth-order valence-corrected chi connectivity index (χ4v) is 2.52. The molecular formula is C15H24N2O. The molecule has 1 aliphatic carbocycles. The molecule has 3 N–H and O–H groups in total. The van der Waals surface area contributed by atoms with Crippen molar-refractivity contribution >= 4 is 0 Å². The molecule has 0 spiro atoms. The van der Waals surface area contributed by atoms with Gasteiger partial charge < -0.3 is 10.8 Å². The van der Waals surface area contributed by atoms with Gasteiger partial charge in [-0.15, -0.1) is 0 Å². The van der Waals surface area contributed by atoms with E-state index in [-0.39, 0.29) is 18.7 Å². The van der Waals surface area contributed by atoms with Crippen LogP contribution in [-0.4, -0.2) is 35.7 Å². The number of hydrogen-bond donors (Lipinski definition) is 2. The normalized spacial score (nSPS) is 18.9. The Morgan fingerprint density at radius 3 is 2.61 bits per heavy atom. The largest absolute Gasteiger partial charge is 0.395 e. The number of aliphatic hydroxyl groups is 1. The van der Waals surface area contributed by atoms with Crippen LogP contribution >= 0.6 is 0 Å². The Morgan fingerprint density at radius 1 is 1.39 bits per heavy atom. The highest BCUT2D eigenvalue weighted by atomic mass is 16.3. The van der Waals surface area contributed by atoms with Gasteiger partial charge in [0, 0.05) is 18.6 Å². The van der Waals surface area contributed by atoms with Crippen molar-refractivity contribution in [1.82, 2.24) is 4.90 Å². The molecule has 1 saturated carbocycles. The molecule has 0 radical (unpaired) electrons. The third-order valence-corrected chi connectivity index (χ3v) is 4.04. The van der Waals surface area contributed by atoms with E-state index < -0.39 is 0 Å². The van der Waals surface area contributed by atoms with Crippen LogP contribution in [0.4, 0.5) is 0 Å². The van der Waals surface area contributed by atoms with Crippen LogP contribution in [0.5, 0.6) is 0 Å². The van der Waals surface area contributed by atoms with E-state index in [0.717, 1.165) is 6.54 Å². The summed E-state index contributed by atoms with van der Waals surface area (Å²) >= 11 is 0. The van der Waals surface area contributed by atoms with Gasteiger partial charge in [-0.1, -0.05) is 24.3 Å². The number of benzene rings is 1. The maximum atomic E-state index is 9.57. The van der Waals surface area contributed by atoms with Crippen molar-refractivity contribution in [3.63, 3.8) is 0 Å². The van der Waals surface area contributed by atoms with E-state index in [0.29, 0.717) is 5.92 Å². The number of likely N-dealkylation sites (N-methyl/N-ethyl adjacent to an activating group) is 1. The van der Waals surface area contributed by atoms with Crippen LogP contribution in [-0.2, 0) is 6.54 Å². The molecule has 3 heteroatoms. The van der Waals surface area contributed by atoms with Gasteiger partial charge in [-0.05, 0) is 43.9 Å². The number of aliphatic hydroxyl groups excluding tert-OH is 1. The monoisotopic (exact) mass is 248 g/mol. The molecule has 2 unspecified atom stereocenters. The van der Waals surface area contributed by atoms with Crippen molar-refractivity contribution in [3.8, 4) is 0 Å². The minimum atomic E-state index is 0.0668. The summed E-state index contributed by atoms with van der Waals surface area (Å²) in [6.45, 7) is 3.11. The summed E-state index contributed by atoms with van der Waals surface area (Å²) in [4.78, 5) is 2.19. The number of rotatable bonds is 6. The summed E-state index contributed by atoms with van der Waals surface area (Å²) in [5.41, 5.74) is 8.82. The number of nitrogens with zero attached hydrogens (tertiary/aromatic N) is 1. The molecule has 1 aliphatic rings. The third-order valence-electron chi connectivity index (χ3n) is 4.04. The standard InChI is InChI=1S/C15H24N2O/c1-11-5-3-4-6-13(11)9-17(2)14(10-18)15(16)12-7-8-12/h3-6,12,14-15,18H,7-10,16H2,1-2H3. The molecule has 0 aromatic heterocycles. The van der Waals surface area contributed by atoms with Crippen molar-refractivity contribution in [2.24, 2.45) is 11.7 Å². The predicted octanol–water partition coefficient (Wildman–Crippen LogP) is 1.53. The number of nitrogens with two attached hydrogens (primary N) is 1. The summed E-state index contributed by atoms with van der Waals surface area (Å²) in [7, 11) is 2.05. The van der Waals surface area contributed by atoms with Crippen molar-refractivity contribution in [3.05, 3.63) is 35.4 Å². The summed E-state index contributed by atoms with van der Waals surface area (Å²) in [6.07, 6.45) is 2.44. The predicted molar refractivity (Wildman–Crippen MR) is 74.2 cm³/mol. The van der Waals surface area contributed by atoms with Crippen LogP contribution < -0.4 is 5.73 Å². The molecule has 0 aliphatic heterocycles. The Morgan fingerprint density at radius 2 is 2.06 bits per heavy atom. The fourth-order valence-electron chi connectivity index (χ4n) is 2.52. The van der Waals surface area contributed by atoms with Crippen molar-refractivity contribution < 1.29 is 5.11 Å². The SMILES string of the molecule is Cc1ccccc1CN(C)C(CO)C(N)C1CC1. The smallest absolute Gasteiger partial charge is 0.0602 e. The first-order chi connectivity index (χ1) is 8.63. The maximum absolute atomic E-state index is 9.57. The second-order valence-electron chi connectivity index (χ2n) is 5.51. The van der Waals surface area contributed by atoms with E-state index in [4.69, 9.17) is 5.73 Å². The van der Waals surface area contributed by atoms with Gasteiger partial charge in [0.15, 0.2) is 0 Å². The lowest BCUT2D eigenvalue weighted by atomic mass is 10.0. The highest BCUT2D eigenvalue weighted by Gasteiger charge is 2.35. The van der Waals surface area contributed by atoms with Crippen LogP contribution in [0.25, 0.3) is 0 Å². The zero-order valence-corrected chi connectivity index (χ0v) is 11.3. The lowest BCUT2D eigenvalue weighted by Gasteiger charge is -2.31. The molecule has 2 rings (SSSR count). The summed E-state index contributed by atoms with van der Waals surface area (Å²) in [6, 6.07) is 8.55. The van der Waals surface area contributed by atoms with Gasteiger partial charge >= 0.3 is 0 Å². The number of aryl methyl sites for hydroxylation is 1. The Hall–Kier alpha value is -0.900. The Labute approximate surface area is 110 Å². The van der Waals surface area contributed by atoms with E-state index in [1.165, 1.54) is 24.0 Å². The van der Waals surface area contributed by atoms with Crippen molar-refractivity contribution in [2.75, 3.05) is 13.7 Å². The topological polar surface area (TPSA) is 49.5 Å². The molecule has 1 aromatic carbocycles. The number of hydrogen-bond acceptors (Lipinski definition) is 3. The molecule has 100 valence electrons.